The third kappa shape index (κ3) is 1.48. The number of aromatic carboxylic acids is 1. The summed E-state index contributed by atoms with van der Waals surface area (Å²) in [6.45, 7) is 2.02. The molecule has 1 heterocycles. The lowest BCUT2D eigenvalue weighted by Crippen LogP contribution is -1.98. The summed E-state index contributed by atoms with van der Waals surface area (Å²) in [5.74, 6) is -0.875. The van der Waals surface area contributed by atoms with Gasteiger partial charge in [0.05, 0.1) is 5.56 Å². The fourth-order valence-corrected chi connectivity index (χ4v) is 2.42. The number of fused-ring (bicyclic) bond motifs is 3. The number of H-pyrrole nitrogens is 1. The molecule has 0 saturated carbocycles. The van der Waals surface area contributed by atoms with E-state index >= 15 is 0 Å². The van der Waals surface area contributed by atoms with Crippen LogP contribution in [-0.2, 0) is 6.42 Å². The maximum Gasteiger partial charge on any atom is 0.336 e. The number of para-hydroxylation sites is 1. The molecule has 1 aromatic heterocycles. The van der Waals surface area contributed by atoms with Gasteiger partial charge in [0.2, 0.25) is 0 Å². The number of carboxylic acids is 1. The van der Waals surface area contributed by atoms with Gasteiger partial charge in [0.1, 0.15) is 0 Å². The number of nitrogens with one attached hydrogen (secondary N) is 1. The molecular formula is C15H13NO2. The van der Waals surface area contributed by atoms with Crippen molar-refractivity contribution >= 4 is 27.8 Å². The first-order chi connectivity index (χ1) is 8.70. The summed E-state index contributed by atoms with van der Waals surface area (Å²) >= 11 is 0. The van der Waals surface area contributed by atoms with E-state index < -0.39 is 5.97 Å². The number of benzene rings is 2. The number of hydrogen-bond acceptors (Lipinski definition) is 1. The first-order valence-corrected chi connectivity index (χ1v) is 5.97. The third-order valence-corrected chi connectivity index (χ3v) is 3.30. The lowest BCUT2D eigenvalue weighted by atomic mass is 10.0. The zero-order valence-electron chi connectivity index (χ0n) is 10.0. The largest absolute Gasteiger partial charge is 0.478 e. The maximum absolute atomic E-state index is 11.4. The highest BCUT2D eigenvalue weighted by Crippen LogP contribution is 2.29. The van der Waals surface area contributed by atoms with Crippen molar-refractivity contribution in [1.82, 2.24) is 4.98 Å². The molecule has 0 fully saturated rings. The van der Waals surface area contributed by atoms with Gasteiger partial charge in [0, 0.05) is 21.8 Å². The normalized spacial score (nSPS) is 11.2. The molecule has 3 rings (SSSR count). The van der Waals surface area contributed by atoms with E-state index in [2.05, 4.69) is 4.98 Å². The summed E-state index contributed by atoms with van der Waals surface area (Å²) in [6.07, 6.45) is 0.825. The molecule has 2 N–H and O–H groups in total. The second kappa shape index (κ2) is 3.88. The lowest BCUT2D eigenvalue weighted by molar-refractivity contribution is 0.0699. The van der Waals surface area contributed by atoms with Crippen molar-refractivity contribution in [3.8, 4) is 0 Å². The second-order valence-corrected chi connectivity index (χ2v) is 4.40. The van der Waals surface area contributed by atoms with E-state index in [0.29, 0.717) is 5.56 Å². The fraction of sp³-hybridized carbons (Fsp3) is 0.133. The van der Waals surface area contributed by atoms with Crippen LogP contribution < -0.4 is 0 Å². The molecule has 18 heavy (non-hydrogen) atoms. The van der Waals surface area contributed by atoms with E-state index in [0.717, 1.165) is 33.8 Å². The molecule has 0 unspecified atom stereocenters. The van der Waals surface area contributed by atoms with Crippen molar-refractivity contribution in [3.05, 3.63) is 47.5 Å². The molecule has 0 aliphatic rings. The molecule has 0 amide bonds. The number of hydrogen-bond donors (Lipinski definition) is 2. The molecule has 3 aromatic rings. The van der Waals surface area contributed by atoms with Gasteiger partial charge in [0.25, 0.3) is 0 Å². The Labute approximate surface area is 104 Å². The maximum atomic E-state index is 11.4. The summed E-state index contributed by atoms with van der Waals surface area (Å²) in [5, 5.41) is 11.1. The summed E-state index contributed by atoms with van der Waals surface area (Å²) < 4.78 is 0. The highest BCUT2D eigenvalue weighted by atomic mass is 16.4. The molecular weight excluding hydrogens is 226 g/mol. The molecule has 3 heteroatoms. The lowest BCUT2D eigenvalue weighted by Gasteiger charge is -2.02. The van der Waals surface area contributed by atoms with Crippen LogP contribution in [0.5, 0.6) is 0 Å². The number of aromatic amines is 1. The molecule has 0 bridgehead atoms. The number of carboxylic acid groups (broad SMARTS) is 1. The van der Waals surface area contributed by atoms with Gasteiger partial charge in [-0.05, 0) is 30.2 Å². The quantitative estimate of drug-likeness (QED) is 0.718. The summed E-state index contributed by atoms with van der Waals surface area (Å²) in [5.41, 5.74) is 3.28. The monoisotopic (exact) mass is 239 g/mol. The minimum atomic E-state index is -0.875. The highest BCUT2D eigenvalue weighted by Gasteiger charge is 2.14. The average Bonchev–Trinajstić information content (AvgIpc) is 2.75. The Morgan fingerprint density at radius 3 is 2.72 bits per heavy atom. The zero-order valence-corrected chi connectivity index (χ0v) is 10.0. The number of aryl methyl sites for hydroxylation is 1. The van der Waals surface area contributed by atoms with Crippen molar-refractivity contribution in [2.75, 3.05) is 0 Å². The molecule has 0 spiro atoms. The van der Waals surface area contributed by atoms with Crippen LogP contribution in [0.15, 0.2) is 36.4 Å². The van der Waals surface area contributed by atoms with Crippen LogP contribution in [0.4, 0.5) is 0 Å². The second-order valence-electron chi connectivity index (χ2n) is 4.40. The average molecular weight is 239 g/mol. The van der Waals surface area contributed by atoms with Gasteiger partial charge >= 0.3 is 5.97 Å². The van der Waals surface area contributed by atoms with Crippen LogP contribution in [0.3, 0.4) is 0 Å². The number of carbonyl (C=O) groups is 1. The van der Waals surface area contributed by atoms with Crippen LogP contribution in [-0.4, -0.2) is 16.1 Å². The van der Waals surface area contributed by atoms with Crippen molar-refractivity contribution < 1.29 is 9.90 Å². The van der Waals surface area contributed by atoms with E-state index in [1.165, 1.54) is 0 Å². The van der Waals surface area contributed by atoms with Gasteiger partial charge in [-0.15, -0.1) is 0 Å². The van der Waals surface area contributed by atoms with Gasteiger partial charge in [-0.25, -0.2) is 4.79 Å². The Hall–Kier alpha value is -2.29. The van der Waals surface area contributed by atoms with Crippen LogP contribution in [0.2, 0.25) is 0 Å². The Kier molecular flexibility index (Phi) is 2.33. The van der Waals surface area contributed by atoms with E-state index in [9.17, 15) is 9.90 Å². The zero-order chi connectivity index (χ0) is 12.7. The molecule has 0 aliphatic heterocycles. The summed E-state index contributed by atoms with van der Waals surface area (Å²) in [6, 6.07) is 11.6. The van der Waals surface area contributed by atoms with E-state index in [1.807, 2.05) is 37.3 Å². The number of aromatic nitrogens is 1. The van der Waals surface area contributed by atoms with Crippen LogP contribution >= 0.6 is 0 Å². The molecule has 0 atom stereocenters. The third-order valence-electron chi connectivity index (χ3n) is 3.30. The molecule has 0 radical (unpaired) electrons. The van der Waals surface area contributed by atoms with Crippen LogP contribution in [0, 0.1) is 0 Å². The van der Waals surface area contributed by atoms with Crippen molar-refractivity contribution in [2.45, 2.75) is 13.3 Å². The first kappa shape index (κ1) is 10.8. The van der Waals surface area contributed by atoms with Gasteiger partial charge in [-0.3, -0.25) is 0 Å². The molecule has 3 nitrogen and oxygen atoms in total. The minimum Gasteiger partial charge on any atom is -0.478 e. The Morgan fingerprint density at radius 1 is 1.22 bits per heavy atom. The van der Waals surface area contributed by atoms with Crippen molar-refractivity contribution in [3.63, 3.8) is 0 Å². The van der Waals surface area contributed by atoms with E-state index in [1.54, 1.807) is 6.07 Å². The standard InChI is InChI=1S/C15H13NO2/c1-2-9-7-11(15(17)18)14-10-5-3-4-6-12(10)16-13(14)8-9/h3-8,16H,2H2,1H3,(H,17,18). The van der Waals surface area contributed by atoms with Crippen LogP contribution in [0.25, 0.3) is 21.8 Å². The fourth-order valence-electron chi connectivity index (χ4n) is 2.42. The van der Waals surface area contributed by atoms with Gasteiger partial charge in [-0.2, -0.15) is 0 Å². The summed E-state index contributed by atoms with van der Waals surface area (Å²) in [4.78, 5) is 14.7. The first-order valence-electron chi connectivity index (χ1n) is 5.97. The molecule has 0 saturated heterocycles. The Bertz CT molecular complexity index is 756. The molecule has 0 aliphatic carbocycles. The van der Waals surface area contributed by atoms with Crippen molar-refractivity contribution in [1.29, 1.82) is 0 Å². The summed E-state index contributed by atoms with van der Waals surface area (Å²) in [7, 11) is 0. The van der Waals surface area contributed by atoms with Gasteiger partial charge in [-0.1, -0.05) is 25.1 Å². The van der Waals surface area contributed by atoms with Gasteiger partial charge < -0.3 is 10.1 Å². The van der Waals surface area contributed by atoms with E-state index in [-0.39, 0.29) is 0 Å². The predicted octanol–water partition coefficient (Wildman–Crippen LogP) is 3.58. The molecule has 2 aromatic carbocycles. The Morgan fingerprint density at radius 2 is 2.00 bits per heavy atom. The van der Waals surface area contributed by atoms with Crippen molar-refractivity contribution in [2.24, 2.45) is 0 Å². The topological polar surface area (TPSA) is 53.1 Å². The Balaban J connectivity index is 2.51. The molecule has 90 valence electrons. The number of rotatable bonds is 2. The van der Waals surface area contributed by atoms with Gasteiger partial charge in [0.15, 0.2) is 0 Å². The smallest absolute Gasteiger partial charge is 0.336 e. The van der Waals surface area contributed by atoms with E-state index in [4.69, 9.17) is 0 Å². The van der Waals surface area contributed by atoms with Crippen LogP contribution in [0.1, 0.15) is 22.8 Å². The SMILES string of the molecule is CCc1cc(C(=O)O)c2c(c1)[nH]c1ccccc12. The minimum absolute atomic E-state index is 0.377. The predicted molar refractivity (Wildman–Crippen MR) is 72.1 cm³/mol. The highest BCUT2D eigenvalue weighted by molar-refractivity contribution is 6.16.